The normalized spacial score (nSPS) is 17.6. The third kappa shape index (κ3) is 2.46. The fourth-order valence-electron chi connectivity index (χ4n) is 2.40. The van der Waals surface area contributed by atoms with Gasteiger partial charge in [0.05, 0.1) is 6.54 Å². The van der Waals surface area contributed by atoms with E-state index in [2.05, 4.69) is 10.3 Å². The van der Waals surface area contributed by atoms with E-state index in [1.807, 2.05) is 0 Å². The summed E-state index contributed by atoms with van der Waals surface area (Å²) >= 11 is 0. The van der Waals surface area contributed by atoms with Crippen molar-refractivity contribution in [2.45, 2.75) is 33.2 Å². The average Bonchev–Trinajstić information content (AvgIpc) is 2.32. The first-order valence-corrected chi connectivity index (χ1v) is 6.48. The highest BCUT2D eigenvalue weighted by Crippen LogP contribution is 2.30. The van der Waals surface area contributed by atoms with Gasteiger partial charge in [0, 0.05) is 5.69 Å². The summed E-state index contributed by atoms with van der Waals surface area (Å²) in [5.74, 6) is -1.94. The molecule has 1 aliphatic heterocycles. The lowest BCUT2D eigenvalue weighted by molar-refractivity contribution is -0.135. The van der Waals surface area contributed by atoms with Crippen LogP contribution < -0.4 is 10.2 Å². The number of hydrogen-bond donors (Lipinski definition) is 2. The van der Waals surface area contributed by atoms with Gasteiger partial charge in [-0.15, -0.1) is 0 Å². The lowest BCUT2D eigenvalue weighted by Crippen LogP contribution is -2.64. The van der Waals surface area contributed by atoms with Crippen LogP contribution in [0, 0.1) is 13.8 Å². The smallest absolute Gasteiger partial charge is 0.339 e. The summed E-state index contributed by atoms with van der Waals surface area (Å²) in [4.78, 5) is 40.9. The zero-order valence-electron chi connectivity index (χ0n) is 12.4. The van der Waals surface area contributed by atoms with Crippen molar-refractivity contribution in [3.63, 3.8) is 0 Å². The van der Waals surface area contributed by atoms with E-state index in [0.29, 0.717) is 11.3 Å². The van der Waals surface area contributed by atoms with Gasteiger partial charge in [-0.05, 0) is 39.3 Å². The summed E-state index contributed by atoms with van der Waals surface area (Å²) in [5.41, 5.74) is 0.114. The Hall–Kier alpha value is -2.44. The number of anilines is 1. The molecule has 7 heteroatoms. The number of carbonyl (C=O) groups is 3. The van der Waals surface area contributed by atoms with E-state index in [0.717, 1.165) is 0 Å². The standard InChI is InChI=1S/C14H17N3O4/c1-7-5-8(2)15-11(10(7)12(19)20)17-6-9(18)16-13(21)14(17,3)4/h5H,6H2,1-4H3,(H,19,20)(H,16,18,21). The molecular formula is C14H17N3O4. The number of nitrogens with one attached hydrogen (secondary N) is 1. The first kappa shape index (κ1) is 15.0. The lowest BCUT2D eigenvalue weighted by Gasteiger charge is -2.41. The van der Waals surface area contributed by atoms with Crippen molar-refractivity contribution < 1.29 is 19.5 Å². The third-order valence-corrected chi connectivity index (χ3v) is 3.58. The highest BCUT2D eigenvalue weighted by atomic mass is 16.4. The number of carboxylic acid groups (broad SMARTS) is 1. The van der Waals surface area contributed by atoms with E-state index in [4.69, 9.17) is 0 Å². The predicted octanol–water partition coefficient (Wildman–Crippen LogP) is 0.638. The topological polar surface area (TPSA) is 99.6 Å². The van der Waals surface area contributed by atoms with Crippen LogP contribution in [0.4, 0.5) is 5.82 Å². The molecule has 2 heterocycles. The minimum absolute atomic E-state index is 0.0103. The number of hydrogen-bond acceptors (Lipinski definition) is 5. The van der Waals surface area contributed by atoms with E-state index in [1.54, 1.807) is 33.8 Å². The first-order chi connectivity index (χ1) is 9.64. The molecule has 21 heavy (non-hydrogen) atoms. The van der Waals surface area contributed by atoms with E-state index in [-0.39, 0.29) is 17.9 Å². The van der Waals surface area contributed by atoms with Gasteiger partial charge in [0.2, 0.25) is 5.91 Å². The average molecular weight is 291 g/mol. The van der Waals surface area contributed by atoms with Crippen LogP contribution in [0.15, 0.2) is 6.07 Å². The molecule has 2 N–H and O–H groups in total. The fourth-order valence-corrected chi connectivity index (χ4v) is 2.40. The molecule has 2 rings (SSSR count). The Kier molecular flexibility index (Phi) is 3.44. The number of pyridine rings is 1. The molecular weight excluding hydrogens is 274 g/mol. The Labute approximate surface area is 122 Å². The van der Waals surface area contributed by atoms with Crippen LogP contribution in [-0.4, -0.2) is 40.0 Å². The highest BCUT2D eigenvalue weighted by Gasteiger charge is 2.43. The second-order valence-electron chi connectivity index (χ2n) is 5.61. The zero-order chi connectivity index (χ0) is 15.9. The number of piperazine rings is 1. The number of carboxylic acids is 1. The van der Waals surface area contributed by atoms with Gasteiger partial charge in [0.25, 0.3) is 5.91 Å². The van der Waals surface area contributed by atoms with Gasteiger partial charge in [0.1, 0.15) is 16.9 Å². The number of imide groups is 1. The molecule has 0 atom stereocenters. The number of nitrogens with zero attached hydrogens (tertiary/aromatic N) is 2. The van der Waals surface area contributed by atoms with Crippen molar-refractivity contribution in [3.8, 4) is 0 Å². The molecule has 0 aliphatic carbocycles. The molecule has 0 aromatic carbocycles. The SMILES string of the molecule is Cc1cc(C)c(C(=O)O)c(N2CC(=O)NC(=O)C2(C)C)n1. The number of carbonyl (C=O) groups excluding carboxylic acids is 2. The van der Waals surface area contributed by atoms with Crippen molar-refractivity contribution in [1.29, 1.82) is 0 Å². The Morgan fingerprint density at radius 1 is 1.38 bits per heavy atom. The maximum absolute atomic E-state index is 12.0. The Morgan fingerprint density at radius 3 is 2.57 bits per heavy atom. The molecule has 1 fully saturated rings. The molecule has 0 saturated carbocycles. The summed E-state index contributed by atoms with van der Waals surface area (Å²) in [6.45, 7) is 6.54. The van der Waals surface area contributed by atoms with Crippen LogP contribution in [0.1, 0.15) is 35.5 Å². The predicted molar refractivity (Wildman–Crippen MR) is 75.2 cm³/mol. The molecule has 7 nitrogen and oxygen atoms in total. The van der Waals surface area contributed by atoms with Crippen LogP contribution in [-0.2, 0) is 9.59 Å². The monoisotopic (exact) mass is 291 g/mol. The molecule has 2 amide bonds. The second kappa shape index (κ2) is 4.83. The minimum Gasteiger partial charge on any atom is -0.478 e. The van der Waals surface area contributed by atoms with Crippen LogP contribution in [0.5, 0.6) is 0 Å². The van der Waals surface area contributed by atoms with Gasteiger partial charge in [0.15, 0.2) is 0 Å². The van der Waals surface area contributed by atoms with Gasteiger partial charge < -0.3 is 10.0 Å². The molecule has 0 unspecified atom stereocenters. The number of rotatable bonds is 2. The molecule has 0 bridgehead atoms. The summed E-state index contributed by atoms with van der Waals surface area (Å²) < 4.78 is 0. The molecule has 0 radical (unpaired) electrons. The number of aromatic carboxylic acids is 1. The van der Waals surface area contributed by atoms with Crippen molar-refractivity contribution in [2.24, 2.45) is 0 Å². The first-order valence-electron chi connectivity index (χ1n) is 6.48. The van der Waals surface area contributed by atoms with E-state index in [9.17, 15) is 19.5 Å². The number of aryl methyl sites for hydroxylation is 2. The Bertz CT molecular complexity index is 652. The Balaban J connectivity index is 2.67. The summed E-state index contributed by atoms with van der Waals surface area (Å²) in [6.07, 6.45) is 0. The maximum Gasteiger partial charge on any atom is 0.339 e. The minimum atomic E-state index is -1.13. The van der Waals surface area contributed by atoms with Crippen LogP contribution >= 0.6 is 0 Å². The summed E-state index contributed by atoms with van der Waals surface area (Å²) in [6, 6.07) is 1.66. The largest absolute Gasteiger partial charge is 0.478 e. The number of amides is 2. The van der Waals surface area contributed by atoms with Crippen molar-refractivity contribution in [2.75, 3.05) is 11.4 Å². The quantitative estimate of drug-likeness (QED) is 0.776. The molecule has 1 saturated heterocycles. The Morgan fingerprint density at radius 2 is 2.00 bits per heavy atom. The summed E-state index contributed by atoms with van der Waals surface area (Å²) in [5, 5.41) is 11.7. The van der Waals surface area contributed by atoms with Crippen molar-refractivity contribution in [3.05, 3.63) is 22.9 Å². The van der Waals surface area contributed by atoms with Crippen LogP contribution in [0.25, 0.3) is 0 Å². The van der Waals surface area contributed by atoms with Crippen LogP contribution in [0.2, 0.25) is 0 Å². The molecule has 112 valence electrons. The molecule has 0 spiro atoms. The number of aromatic nitrogens is 1. The van der Waals surface area contributed by atoms with E-state index < -0.39 is 23.3 Å². The van der Waals surface area contributed by atoms with Crippen molar-refractivity contribution in [1.82, 2.24) is 10.3 Å². The summed E-state index contributed by atoms with van der Waals surface area (Å²) in [7, 11) is 0. The van der Waals surface area contributed by atoms with Gasteiger partial charge in [-0.3, -0.25) is 14.9 Å². The second-order valence-corrected chi connectivity index (χ2v) is 5.61. The molecule has 1 aromatic heterocycles. The third-order valence-electron chi connectivity index (χ3n) is 3.58. The zero-order valence-corrected chi connectivity index (χ0v) is 12.4. The van der Waals surface area contributed by atoms with Gasteiger partial charge in [-0.25, -0.2) is 9.78 Å². The maximum atomic E-state index is 12.0. The van der Waals surface area contributed by atoms with E-state index in [1.165, 1.54) is 4.90 Å². The van der Waals surface area contributed by atoms with E-state index >= 15 is 0 Å². The fraction of sp³-hybridized carbons (Fsp3) is 0.429. The highest BCUT2D eigenvalue weighted by molar-refractivity contribution is 6.08. The van der Waals surface area contributed by atoms with Gasteiger partial charge >= 0.3 is 5.97 Å². The lowest BCUT2D eigenvalue weighted by atomic mass is 9.97. The molecule has 1 aliphatic rings. The van der Waals surface area contributed by atoms with Gasteiger partial charge in [-0.2, -0.15) is 0 Å². The van der Waals surface area contributed by atoms with Gasteiger partial charge in [-0.1, -0.05) is 0 Å². The van der Waals surface area contributed by atoms with Crippen molar-refractivity contribution >= 4 is 23.6 Å². The molecule has 1 aromatic rings. The van der Waals surface area contributed by atoms with Crippen LogP contribution in [0.3, 0.4) is 0 Å².